The molecule has 3 atom stereocenters. The van der Waals surface area contributed by atoms with Crippen LogP contribution in [0.3, 0.4) is 0 Å². The summed E-state index contributed by atoms with van der Waals surface area (Å²) < 4.78 is 0. The summed E-state index contributed by atoms with van der Waals surface area (Å²) >= 11 is 0. The summed E-state index contributed by atoms with van der Waals surface area (Å²) in [6.07, 6.45) is 9.44. The zero-order valence-electron chi connectivity index (χ0n) is 13.2. The molecule has 19 heavy (non-hydrogen) atoms. The fourth-order valence-electron chi connectivity index (χ4n) is 4.51. The highest BCUT2D eigenvalue weighted by Crippen LogP contribution is 2.39. The summed E-state index contributed by atoms with van der Waals surface area (Å²) in [5, 5.41) is 0. The lowest BCUT2D eigenvalue weighted by Gasteiger charge is -2.50. The van der Waals surface area contributed by atoms with Crippen molar-refractivity contribution in [1.82, 2.24) is 9.80 Å². The van der Waals surface area contributed by atoms with Gasteiger partial charge < -0.3 is 10.6 Å². The van der Waals surface area contributed by atoms with Crippen LogP contribution in [0.1, 0.15) is 51.9 Å². The second kappa shape index (κ2) is 6.55. The third kappa shape index (κ3) is 2.98. The first-order chi connectivity index (χ1) is 9.14. The fraction of sp³-hybridized carbons (Fsp3) is 1.00. The molecular weight excluding hydrogens is 234 g/mol. The molecule has 3 nitrogen and oxygen atoms in total. The van der Waals surface area contributed by atoms with Crippen LogP contribution < -0.4 is 5.73 Å². The molecule has 0 aromatic heterocycles. The second-order valence-corrected chi connectivity index (χ2v) is 6.82. The molecule has 2 fully saturated rings. The molecule has 2 N–H and O–H groups in total. The van der Waals surface area contributed by atoms with Gasteiger partial charge in [0.05, 0.1) is 0 Å². The number of hydrogen-bond acceptors (Lipinski definition) is 3. The van der Waals surface area contributed by atoms with E-state index in [0.717, 1.165) is 18.5 Å². The van der Waals surface area contributed by atoms with E-state index in [1.807, 2.05) is 0 Å². The van der Waals surface area contributed by atoms with Crippen LogP contribution in [-0.2, 0) is 0 Å². The normalized spacial score (nSPS) is 37.1. The molecule has 0 radical (unpaired) electrons. The van der Waals surface area contributed by atoms with Crippen LogP contribution in [0.5, 0.6) is 0 Å². The Labute approximate surface area is 119 Å². The molecule has 0 bridgehead atoms. The van der Waals surface area contributed by atoms with Gasteiger partial charge in [0.15, 0.2) is 0 Å². The molecule has 0 aromatic carbocycles. The van der Waals surface area contributed by atoms with Crippen LogP contribution in [0.25, 0.3) is 0 Å². The Hall–Kier alpha value is -0.120. The number of likely N-dealkylation sites (N-methyl/N-ethyl adjacent to an activating group) is 2. The SMILES string of the molecule is CCC1CCCCC1(CN)N(C)CC1CCCN1C. The lowest BCUT2D eigenvalue weighted by Crippen LogP contribution is -2.60. The quantitative estimate of drug-likeness (QED) is 0.829. The van der Waals surface area contributed by atoms with Crippen LogP contribution >= 0.6 is 0 Å². The zero-order chi connectivity index (χ0) is 13.9. The van der Waals surface area contributed by atoms with Crippen LogP contribution in [0, 0.1) is 5.92 Å². The van der Waals surface area contributed by atoms with Crippen LogP contribution in [0.2, 0.25) is 0 Å². The Balaban J connectivity index is 2.05. The summed E-state index contributed by atoms with van der Waals surface area (Å²) in [4.78, 5) is 5.16. The molecule has 3 unspecified atom stereocenters. The average Bonchev–Trinajstić information content (AvgIpc) is 2.83. The number of rotatable bonds is 5. The lowest BCUT2D eigenvalue weighted by atomic mass is 9.70. The van der Waals surface area contributed by atoms with Crippen molar-refractivity contribution < 1.29 is 0 Å². The van der Waals surface area contributed by atoms with Crippen molar-refractivity contribution in [2.75, 3.05) is 33.7 Å². The van der Waals surface area contributed by atoms with E-state index < -0.39 is 0 Å². The molecule has 1 saturated heterocycles. The van der Waals surface area contributed by atoms with Crippen molar-refractivity contribution in [3.8, 4) is 0 Å². The lowest BCUT2D eigenvalue weighted by molar-refractivity contribution is 0.0107. The minimum absolute atomic E-state index is 0.274. The van der Waals surface area contributed by atoms with E-state index in [1.54, 1.807) is 0 Å². The third-order valence-corrected chi connectivity index (χ3v) is 5.93. The van der Waals surface area contributed by atoms with Gasteiger partial charge in [0.25, 0.3) is 0 Å². The fourth-order valence-corrected chi connectivity index (χ4v) is 4.51. The van der Waals surface area contributed by atoms with E-state index in [-0.39, 0.29) is 5.54 Å². The maximum Gasteiger partial charge on any atom is 0.0357 e. The molecular formula is C16H33N3. The molecule has 0 aromatic rings. The highest BCUT2D eigenvalue weighted by atomic mass is 15.2. The van der Waals surface area contributed by atoms with Crippen molar-refractivity contribution in [2.24, 2.45) is 11.7 Å². The van der Waals surface area contributed by atoms with Crippen LogP contribution in [0.15, 0.2) is 0 Å². The van der Waals surface area contributed by atoms with Crippen molar-refractivity contribution in [1.29, 1.82) is 0 Å². The van der Waals surface area contributed by atoms with E-state index in [2.05, 4.69) is 30.8 Å². The Bertz CT molecular complexity index is 281. The molecule has 2 aliphatic rings. The van der Waals surface area contributed by atoms with E-state index in [4.69, 9.17) is 5.73 Å². The molecule has 2 rings (SSSR count). The largest absolute Gasteiger partial charge is 0.329 e. The molecule has 3 heteroatoms. The molecule has 1 heterocycles. The Morgan fingerprint density at radius 3 is 2.63 bits per heavy atom. The molecule has 1 saturated carbocycles. The van der Waals surface area contributed by atoms with Crippen LogP contribution in [0.4, 0.5) is 0 Å². The predicted molar refractivity (Wildman–Crippen MR) is 82.3 cm³/mol. The smallest absolute Gasteiger partial charge is 0.0357 e. The average molecular weight is 267 g/mol. The Kier molecular flexibility index (Phi) is 5.27. The first-order valence-electron chi connectivity index (χ1n) is 8.25. The van der Waals surface area contributed by atoms with E-state index in [9.17, 15) is 0 Å². The monoisotopic (exact) mass is 267 g/mol. The second-order valence-electron chi connectivity index (χ2n) is 6.82. The predicted octanol–water partition coefficient (Wildman–Crippen LogP) is 2.31. The molecule has 0 spiro atoms. The van der Waals surface area contributed by atoms with Crippen LogP contribution in [-0.4, -0.2) is 55.1 Å². The van der Waals surface area contributed by atoms with Gasteiger partial charge in [-0.1, -0.05) is 26.2 Å². The molecule has 1 aliphatic heterocycles. The minimum Gasteiger partial charge on any atom is -0.329 e. The van der Waals surface area contributed by atoms with Gasteiger partial charge in [0.1, 0.15) is 0 Å². The summed E-state index contributed by atoms with van der Waals surface area (Å²) in [7, 11) is 4.60. The maximum absolute atomic E-state index is 6.26. The van der Waals surface area contributed by atoms with Gasteiger partial charge in [0.2, 0.25) is 0 Å². The third-order valence-electron chi connectivity index (χ3n) is 5.93. The molecule has 1 aliphatic carbocycles. The van der Waals surface area contributed by atoms with Gasteiger partial charge in [0, 0.05) is 24.7 Å². The topological polar surface area (TPSA) is 32.5 Å². The van der Waals surface area contributed by atoms with E-state index in [1.165, 1.54) is 58.0 Å². The van der Waals surface area contributed by atoms with Crippen molar-refractivity contribution in [3.63, 3.8) is 0 Å². The van der Waals surface area contributed by atoms with Gasteiger partial charge in [-0.25, -0.2) is 0 Å². The number of nitrogens with zero attached hydrogens (tertiary/aromatic N) is 2. The standard InChI is InChI=1S/C16H33N3/c1-4-14-8-5-6-10-16(14,13-17)19(3)12-15-9-7-11-18(15)2/h14-15H,4-13,17H2,1-3H3. The Morgan fingerprint density at radius 1 is 1.26 bits per heavy atom. The maximum atomic E-state index is 6.26. The number of hydrogen-bond donors (Lipinski definition) is 1. The molecule has 0 amide bonds. The van der Waals surface area contributed by atoms with E-state index in [0.29, 0.717) is 0 Å². The van der Waals surface area contributed by atoms with Crippen molar-refractivity contribution in [2.45, 2.75) is 63.5 Å². The summed E-state index contributed by atoms with van der Waals surface area (Å²) in [6.45, 7) is 5.64. The van der Waals surface area contributed by atoms with Gasteiger partial charge in [-0.3, -0.25) is 4.90 Å². The minimum atomic E-state index is 0.274. The van der Waals surface area contributed by atoms with Gasteiger partial charge in [-0.15, -0.1) is 0 Å². The first-order valence-corrected chi connectivity index (χ1v) is 8.25. The summed E-state index contributed by atoms with van der Waals surface area (Å²) in [5.74, 6) is 0.794. The van der Waals surface area contributed by atoms with Gasteiger partial charge in [-0.05, 0) is 52.2 Å². The van der Waals surface area contributed by atoms with Gasteiger partial charge >= 0.3 is 0 Å². The van der Waals surface area contributed by atoms with Crippen molar-refractivity contribution in [3.05, 3.63) is 0 Å². The van der Waals surface area contributed by atoms with Gasteiger partial charge in [-0.2, -0.15) is 0 Å². The van der Waals surface area contributed by atoms with E-state index >= 15 is 0 Å². The highest BCUT2D eigenvalue weighted by molar-refractivity contribution is 4.99. The number of likely N-dealkylation sites (tertiary alicyclic amines) is 1. The number of nitrogens with two attached hydrogens (primary N) is 1. The highest BCUT2D eigenvalue weighted by Gasteiger charge is 2.42. The summed E-state index contributed by atoms with van der Waals surface area (Å²) in [5.41, 5.74) is 6.53. The first kappa shape index (κ1) is 15.3. The van der Waals surface area contributed by atoms with Crippen molar-refractivity contribution >= 4 is 0 Å². The zero-order valence-corrected chi connectivity index (χ0v) is 13.2. The molecule has 112 valence electrons. The Morgan fingerprint density at radius 2 is 2.05 bits per heavy atom. The summed E-state index contributed by atoms with van der Waals surface area (Å²) in [6, 6.07) is 0.743.